The fraction of sp³-hybridized carbons (Fsp3) is 0.182. The summed E-state index contributed by atoms with van der Waals surface area (Å²) in [6.07, 6.45) is 1.23. The number of aromatic nitrogens is 2. The highest BCUT2D eigenvalue weighted by Crippen LogP contribution is 2.25. The van der Waals surface area contributed by atoms with E-state index in [0.29, 0.717) is 11.5 Å². The van der Waals surface area contributed by atoms with Gasteiger partial charge in [-0.25, -0.2) is 4.98 Å². The van der Waals surface area contributed by atoms with Gasteiger partial charge in [0.25, 0.3) is 5.91 Å². The van der Waals surface area contributed by atoms with Crippen LogP contribution in [0, 0.1) is 17.0 Å². The van der Waals surface area contributed by atoms with Gasteiger partial charge in [-0.2, -0.15) is 0 Å². The predicted molar refractivity (Wildman–Crippen MR) is 68.3 cm³/mol. The van der Waals surface area contributed by atoms with Crippen LogP contribution in [-0.4, -0.2) is 21.0 Å². The van der Waals surface area contributed by atoms with Crippen molar-refractivity contribution in [3.63, 3.8) is 0 Å². The van der Waals surface area contributed by atoms with Crippen molar-refractivity contribution in [2.24, 2.45) is 0 Å². The zero-order valence-electron chi connectivity index (χ0n) is 10.3. The number of aryl methyl sites for hydroxylation is 1. The Morgan fingerprint density at radius 1 is 1.60 bits per heavy atom. The van der Waals surface area contributed by atoms with Gasteiger partial charge in [-0.1, -0.05) is 16.8 Å². The van der Waals surface area contributed by atoms with E-state index in [9.17, 15) is 14.9 Å². The van der Waals surface area contributed by atoms with Crippen LogP contribution in [0.4, 0.5) is 5.69 Å². The lowest BCUT2D eigenvalue weighted by Crippen LogP contribution is -2.23. The Labute approximate surface area is 117 Å². The number of hydrogen-bond acceptors (Lipinski definition) is 6. The summed E-state index contributed by atoms with van der Waals surface area (Å²) < 4.78 is 4.91. The van der Waals surface area contributed by atoms with Crippen LogP contribution in [0.1, 0.15) is 21.8 Å². The standard InChI is InChI=1S/C11H9ClN4O4/c1-6-4-7(20-15-6)5-14-11(17)8-2-3-13-10(12)9(8)16(18)19/h2-4H,5H2,1H3,(H,14,17). The smallest absolute Gasteiger partial charge is 0.319 e. The fourth-order valence-corrected chi connectivity index (χ4v) is 1.77. The van der Waals surface area contributed by atoms with Crippen molar-refractivity contribution in [3.8, 4) is 0 Å². The van der Waals surface area contributed by atoms with E-state index in [0.717, 1.165) is 0 Å². The Balaban J connectivity index is 2.17. The maximum atomic E-state index is 11.9. The maximum Gasteiger partial charge on any atom is 0.319 e. The van der Waals surface area contributed by atoms with Gasteiger partial charge in [-0.15, -0.1) is 0 Å². The lowest BCUT2D eigenvalue weighted by atomic mass is 10.2. The minimum absolute atomic E-state index is 0.0662. The first-order valence-corrected chi connectivity index (χ1v) is 5.86. The lowest BCUT2D eigenvalue weighted by molar-refractivity contribution is -0.385. The van der Waals surface area contributed by atoms with Crippen molar-refractivity contribution in [2.75, 3.05) is 0 Å². The maximum absolute atomic E-state index is 11.9. The normalized spacial score (nSPS) is 10.3. The molecule has 0 radical (unpaired) electrons. The number of hydrogen-bond donors (Lipinski definition) is 1. The van der Waals surface area contributed by atoms with Crippen LogP contribution >= 0.6 is 11.6 Å². The minimum atomic E-state index is -0.747. The molecule has 2 rings (SSSR count). The first-order chi connectivity index (χ1) is 9.49. The Morgan fingerprint density at radius 2 is 2.35 bits per heavy atom. The summed E-state index contributed by atoms with van der Waals surface area (Å²) >= 11 is 5.63. The van der Waals surface area contributed by atoms with Gasteiger partial charge >= 0.3 is 5.69 Å². The fourth-order valence-electron chi connectivity index (χ4n) is 1.55. The minimum Gasteiger partial charge on any atom is -0.359 e. The molecule has 2 aromatic heterocycles. The van der Waals surface area contributed by atoms with Crippen molar-refractivity contribution in [1.29, 1.82) is 0 Å². The van der Waals surface area contributed by atoms with E-state index in [-0.39, 0.29) is 17.3 Å². The molecule has 0 aromatic carbocycles. The highest BCUT2D eigenvalue weighted by Gasteiger charge is 2.24. The number of pyridine rings is 1. The first-order valence-electron chi connectivity index (χ1n) is 5.48. The van der Waals surface area contributed by atoms with Gasteiger partial charge in [0.05, 0.1) is 17.2 Å². The highest BCUT2D eigenvalue weighted by atomic mass is 35.5. The van der Waals surface area contributed by atoms with Gasteiger partial charge < -0.3 is 9.84 Å². The molecule has 1 N–H and O–H groups in total. The molecule has 0 unspecified atom stereocenters. The molecule has 0 saturated heterocycles. The van der Waals surface area contributed by atoms with Crippen molar-refractivity contribution in [3.05, 3.63) is 50.6 Å². The van der Waals surface area contributed by atoms with Gasteiger partial charge in [0, 0.05) is 12.3 Å². The Kier molecular flexibility index (Phi) is 3.94. The van der Waals surface area contributed by atoms with Crippen LogP contribution in [0.5, 0.6) is 0 Å². The summed E-state index contributed by atoms with van der Waals surface area (Å²) in [6.45, 7) is 1.80. The average Bonchev–Trinajstić information content (AvgIpc) is 2.81. The third kappa shape index (κ3) is 2.91. The Hall–Kier alpha value is -2.48. The molecule has 0 saturated carbocycles. The Bertz CT molecular complexity index is 670. The number of nitrogens with one attached hydrogen (secondary N) is 1. The molecule has 0 aliphatic rings. The van der Waals surface area contributed by atoms with Gasteiger partial charge in [-0.05, 0) is 13.0 Å². The molecular weight excluding hydrogens is 288 g/mol. The second-order valence-electron chi connectivity index (χ2n) is 3.87. The van der Waals surface area contributed by atoms with Gasteiger partial charge in [0.2, 0.25) is 5.15 Å². The van der Waals surface area contributed by atoms with Crippen LogP contribution in [0.3, 0.4) is 0 Å². The molecule has 1 amide bonds. The number of rotatable bonds is 4. The number of halogens is 1. The summed E-state index contributed by atoms with van der Waals surface area (Å²) in [4.78, 5) is 25.7. The van der Waals surface area contributed by atoms with E-state index >= 15 is 0 Å². The van der Waals surface area contributed by atoms with Gasteiger partial charge in [0.15, 0.2) is 5.76 Å². The van der Waals surface area contributed by atoms with Gasteiger partial charge in [0.1, 0.15) is 5.56 Å². The summed E-state index contributed by atoms with van der Waals surface area (Å²) in [6, 6.07) is 2.87. The van der Waals surface area contributed by atoms with E-state index < -0.39 is 16.5 Å². The molecule has 9 heteroatoms. The topological polar surface area (TPSA) is 111 Å². The molecule has 0 aliphatic heterocycles. The van der Waals surface area contributed by atoms with Crippen LogP contribution in [0.15, 0.2) is 22.9 Å². The SMILES string of the molecule is Cc1cc(CNC(=O)c2ccnc(Cl)c2[N+](=O)[O-])on1. The van der Waals surface area contributed by atoms with Crippen molar-refractivity contribution < 1.29 is 14.2 Å². The second-order valence-corrected chi connectivity index (χ2v) is 4.23. The van der Waals surface area contributed by atoms with E-state index in [2.05, 4.69) is 15.5 Å². The molecular formula is C11H9ClN4O4. The van der Waals surface area contributed by atoms with E-state index in [1.54, 1.807) is 13.0 Å². The van der Waals surface area contributed by atoms with Crippen LogP contribution in [-0.2, 0) is 6.54 Å². The Morgan fingerprint density at radius 3 is 2.95 bits per heavy atom. The molecule has 8 nitrogen and oxygen atoms in total. The van der Waals surface area contributed by atoms with Crippen LogP contribution < -0.4 is 5.32 Å². The molecule has 2 aromatic rings. The third-order valence-corrected chi connectivity index (χ3v) is 2.68. The van der Waals surface area contributed by atoms with Crippen LogP contribution in [0.2, 0.25) is 5.15 Å². The summed E-state index contributed by atoms with van der Waals surface area (Å²) in [5, 5.41) is 16.7. The largest absolute Gasteiger partial charge is 0.359 e. The highest BCUT2D eigenvalue weighted by molar-refractivity contribution is 6.32. The summed E-state index contributed by atoms with van der Waals surface area (Å²) in [5.74, 6) is -0.200. The summed E-state index contributed by atoms with van der Waals surface area (Å²) in [7, 11) is 0. The molecule has 0 spiro atoms. The molecule has 0 atom stereocenters. The quantitative estimate of drug-likeness (QED) is 0.523. The van der Waals surface area contributed by atoms with E-state index in [1.807, 2.05) is 0 Å². The lowest BCUT2D eigenvalue weighted by Gasteiger charge is -2.04. The van der Waals surface area contributed by atoms with Crippen molar-refractivity contribution >= 4 is 23.2 Å². The second kappa shape index (κ2) is 5.66. The molecule has 104 valence electrons. The number of carbonyl (C=O) groups excluding carboxylic acids is 1. The number of carbonyl (C=O) groups is 1. The zero-order valence-corrected chi connectivity index (χ0v) is 11.0. The van der Waals surface area contributed by atoms with E-state index in [1.165, 1.54) is 12.3 Å². The summed E-state index contributed by atoms with van der Waals surface area (Å²) in [5.41, 5.74) is -0.0150. The van der Waals surface area contributed by atoms with E-state index in [4.69, 9.17) is 16.1 Å². The van der Waals surface area contributed by atoms with Gasteiger partial charge in [-0.3, -0.25) is 14.9 Å². The number of nitrogens with zero attached hydrogens (tertiary/aromatic N) is 3. The molecule has 0 aliphatic carbocycles. The molecule has 0 bridgehead atoms. The number of amides is 1. The molecule has 0 fully saturated rings. The molecule has 2 heterocycles. The number of nitro groups is 1. The first kappa shape index (κ1) is 13.9. The van der Waals surface area contributed by atoms with Crippen LogP contribution in [0.25, 0.3) is 0 Å². The average molecular weight is 297 g/mol. The molecule has 20 heavy (non-hydrogen) atoms. The monoisotopic (exact) mass is 296 g/mol. The van der Waals surface area contributed by atoms with Crippen molar-refractivity contribution in [2.45, 2.75) is 13.5 Å². The predicted octanol–water partition coefficient (Wildman–Crippen LogP) is 1.87. The zero-order chi connectivity index (χ0) is 14.7. The third-order valence-electron chi connectivity index (χ3n) is 2.41. The van der Waals surface area contributed by atoms with Crippen molar-refractivity contribution in [1.82, 2.24) is 15.5 Å².